The number of hydrogen-bond acceptors (Lipinski definition) is 4. The molecule has 0 saturated carbocycles. The van der Waals surface area contributed by atoms with Crippen molar-refractivity contribution in [3.8, 4) is 0 Å². The van der Waals surface area contributed by atoms with E-state index in [-0.39, 0.29) is 17.1 Å². The number of nitrogens with one attached hydrogen (secondary N) is 1. The Kier molecular flexibility index (Phi) is 4.52. The number of nitrogens with two attached hydrogens (primary N) is 1. The molecule has 3 N–H and O–H groups in total. The first-order chi connectivity index (χ1) is 8.88. The summed E-state index contributed by atoms with van der Waals surface area (Å²) in [6, 6.07) is 8.02. The molecule has 102 valence electrons. The summed E-state index contributed by atoms with van der Waals surface area (Å²) in [7, 11) is -3.64. The fourth-order valence-electron chi connectivity index (χ4n) is 1.45. The van der Waals surface area contributed by atoms with Crippen LogP contribution in [0.5, 0.6) is 0 Å². The molecule has 0 bridgehead atoms. The largest absolute Gasteiger partial charge is 0.398 e. The van der Waals surface area contributed by atoms with Crippen molar-refractivity contribution in [2.24, 2.45) is 0 Å². The number of rotatable bonds is 4. The molecule has 4 nitrogen and oxygen atoms in total. The second-order valence-electron chi connectivity index (χ2n) is 3.71. The van der Waals surface area contributed by atoms with Crippen LogP contribution in [-0.4, -0.2) is 8.42 Å². The molecule has 1 heterocycles. The van der Waals surface area contributed by atoms with Crippen molar-refractivity contribution in [3.63, 3.8) is 0 Å². The van der Waals surface area contributed by atoms with Crippen LogP contribution in [-0.2, 0) is 16.6 Å². The molecule has 0 aliphatic rings. The molecule has 2 aromatic rings. The Balaban J connectivity index is 2.18. The van der Waals surface area contributed by atoms with Crippen molar-refractivity contribution >= 4 is 54.6 Å². The zero-order valence-corrected chi connectivity index (χ0v) is 13.5. The Hall–Kier alpha value is -0.600. The zero-order valence-electron chi connectivity index (χ0n) is 9.56. The lowest BCUT2D eigenvalue weighted by atomic mass is 10.3. The van der Waals surface area contributed by atoms with Crippen LogP contribution in [0.2, 0.25) is 5.02 Å². The van der Waals surface area contributed by atoms with Crippen LogP contribution in [0.15, 0.2) is 39.0 Å². The Morgan fingerprint density at radius 1 is 1.32 bits per heavy atom. The molecule has 0 saturated heterocycles. The highest BCUT2D eigenvalue weighted by molar-refractivity contribution is 9.11. The number of thiophene rings is 1. The number of benzene rings is 1. The van der Waals surface area contributed by atoms with Gasteiger partial charge in [-0.3, -0.25) is 0 Å². The molecule has 2 rings (SSSR count). The normalized spacial score (nSPS) is 11.7. The molecule has 0 unspecified atom stereocenters. The van der Waals surface area contributed by atoms with Gasteiger partial charge in [0.15, 0.2) is 0 Å². The summed E-state index contributed by atoms with van der Waals surface area (Å²) in [4.78, 5) is 0.940. The molecular weight excluding hydrogens is 372 g/mol. The second kappa shape index (κ2) is 5.80. The highest BCUT2D eigenvalue weighted by atomic mass is 79.9. The Bertz CT molecular complexity index is 700. The topological polar surface area (TPSA) is 72.2 Å². The number of nitrogen functional groups attached to an aromatic ring is 1. The van der Waals surface area contributed by atoms with Crippen LogP contribution >= 0.6 is 38.9 Å². The number of anilines is 1. The quantitative estimate of drug-likeness (QED) is 0.799. The van der Waals surface area contributed by atoms with Gasteiger partial charge in [-0.1, -0.05) is 11.6 Å². The minimum absolute atomic E-state index is 0.0347. The molecule has 0 spiro atoms. The molecule has 19 heavy (non-hydrogen) atoms. The van der Waals surface area contributed by atoms with E-state index in [0.29, 0.717) is 5.02 Å². The van der Waals surface area contributed by atoms with Crippen molar-refractivity contribution in [1.82, 2.24) is 4.72 Å². The van der Waals surface area contributed by atoms with Gasteiger partial charge < -0.3 is 5.73 Å². The van der Waals surface area contributed by atoms with Gasteiger partial charge in [-0.25, -0.2) is 13.1 Å². The molecule has 0 aliphatic carbocycles. The molecule has 1 aromatic heterocycles. The first kappa shape index (κ1) is 14.8. The Labute approximate surface area is 128 Å². The average Bonchev–Trinajstić information content (AvgIpc) is 2.72. The minimum atomic E-state index is -3.64. The summed E-state index contributed by atoms with van der Waals surface area (Å²) < 4.78 is 27.7. The van der Waals surface area contributed by atoms with E-state index < -0.39 is 10.0 Å². The molecule has 0 radical (unpaired) electrons. The van der Waals surface area contributed by atoms with Crippen LogP contribution in [0.3, 0.4) is 0 Å². The smallest absolute Gasteiger partial charge is 0.242 e. The molecule has 0 aliphatic heterocycles. The number of halogens is 2. The van der Waals surface area contributed by atoms with Gasteiger partial charge in [-0.15, -0.1) is 11.3 Å². The predicted molar refractivity (Wildman–Crippen MR) is 81.9 cm³/mol. The first-order valence-corrected chi connectivity index (χ1v) is 8.64. The summed E-state index contributed by atoms with van der Waals surface area (Å²) >= 11 is 10.5. The summed E-state index contributed by atoms with van der Waals surface area (Å²) in [6.07, 6.45) is 0. The first-order valence-electron chi connectivity index (χ1n) is 5.17. The van der Waals surface area contributed by atoms with Gasteiger partial charge in [0.2, 0.25) is 10.0 Å². The lowest BCUT2D eigenvalue weighted by molar-refractivity contribution is 0.582. The Morgan fingerprint density at radius 2 is 2.05 bits per heavy atom. The lowest BCUT2D eigenvalue weighted by Gasteiger charge is -2.08. The zero-order chi connectivity index (χ0) is 14.0. The molecule has 0 amide bonds. The van der Waals surface area contributed by atoms with Gasteiger partial charge in [0, 0.05) is 16.4 Å². The van der Waals surface area contributed by atoms with Gasteiger partial charge in [0.1, 0.15) is 4.90 Å². The van der Waals surface area contributed by atoms with E-state index in [2.05, 4.69) is 20.7 Å². The third-order valence-corrected chi connectivity index (χ3v) is 5.66. The van der Waals surface area contributed by atoms with E-state index in [1.54, 1.807) is 0 Å². The maximum absolute atomic E-state index is 12.1. The Morgan fingerprint density at radius 3 is 2.63 bits per heavy atom. The highest BCUT2D eigenvalue weighted by Gasteiger charge is 2.17. The average molecular weight is 382 g/mol. The molecule has 0 fully saturated rings. The van der Waals surface area contributed by atoms with Gasteiger partial charge in [0.05, 0.1) is 9.47 Å². The van der Waals surface area contributed by atoms with Crippen LogP contribution < -0.4 is 10.5 Å². The van der Waals surface area contributed by atoms with Crippen molar-refractivity contribution in [2.45, 2.75) is 11.4 Å². The number of sulfonamides is 1. The second-order valence-corrected chi connectivity index (χ2v) is 8.43. The fraction of sp³-hybridized carbons (Fsp3) is 0.0909. The van der Waals surface area contributed by atoms with Gasteiger partial charge in [-0.2, -0.15) is 0 Å². The molecular formula is C11H10BrClN2O2S2. The van der Waals surface area contributed by atoms with Gasteiger partial charge in [-0.05, 0) is 46.3 Å². The summed E-state index contributed by atoms with van der Waals surface area (Å²) in [6.45, 7) is 0.223. The van der Waals surface area contributed by atoms with E-state index in [9.17, 15) is 8.42 Å². The SMILES string of the molecule is Nc1cc(Cl)ccc1S(=O)(=O)NCc1ccc(Br)s1. The van der Waals surface area contributed by atoms with E-state index in [1.807, 2.05) is 12.1 Å². The van der Waals surface area contributed by atoms with Crippen LogP contribution in [0, 0.1) is 0 Å². The van der Waals surface area contributed by atoms with E-state index in [0.717, 1.165) is 8.66 Å². The predicted octanol–water partition coefficient (Wildman–Crippen LogP) is 3.22. The van der Waals surface area contributed by atoms with E-state index in [4.69, 9.17) is 17.3 Å². The molecule has 8 heteroatoms. The summed E-state index contributed by atoms with van der Waals surface area (Å²) in [5.41, 5.74) is 5.80. The lowest BCUT2D eigenvalue weighted by Crippen LogP contribution is -2.23. The standard InChI is InChI=1S/C11H10BrClN2O2S2/c12-11-4-2-8(18-11)6-15-19(16,17)10-3-1-7(13)5-9(10)14/h1-5,15H,6,14H2. The van der Waals surface area contributed by atoms with E-state index >= 15 is 0 Å². The van der Waals surface area contributed by atoms with Crippen molar-refractivity contribution in [2.75, 3.05) is 5.73 Å². The fourth-order valence-corrected chi connectivity index (χ4v) is 4.27. The minimum Gasteiger partial charge on any atom is -0.398 e. The van der Waals surface area contributed by atoms with Gasteiger partial charge in [0.25, 0.3) is 0 Å². The van der Waals surface area contributed by atoms with Crippen LogP contribution in [0.25, 0.3) is 0 Å². The third-order valence-electron chi connectivity index (χ3n) is 2.33. The van der Waals surface area contributed by atoms with Gasteiger partial charge >= 0.3 is 0 Å². The van der Waals surface area contributed by atoms with E-state index in [1.165, 1.54) is 29.5 Å². The monoisotopic (exact) mass is 380 g/mol. The highest BCUT2D eigenvalue weighted by Crippen LogP contribution is 2.24. The maximum Gasteiger partial charge on any atom is 0.242 e. The number of hydrogen-bond donors (Lipinski definition) is 2. The van der Waals surface area contributed by atoms with Crippen molar-refractivity contribution in [1.29, 1.82) is 0 Å². The molecule has 0 atom stereocenters. The molecule has 1 aromatic carbocycles. The van der Waals surface area contributed by atoms with Crippen molar-refractivity contribution in [3.05, 3.63) is 44.0 Å². The van der Waals surface area contributed by atoms with Crippen molar-refractivity contribution < 1.29 is 8.42 Å². The maximum atomic E-state index is 12.1. The summed E-state index contributed by atoms with van der Waals surface area (Å²) in [5, 5.41) is 0.402. The third kappa shape index (κ3) is 3.70. The van der Waals surface area contributed by atoms with Crippen LogP contribution in [0.1, 0.15) is 4.88 Å². The summed E-state index contributed by atoms with van der Waals surface area (Å²) in [5.74, 6) is 0. The van der Waals surface area contributed by atoms with Crippen LogP contribution in [0.4, 0.5) is 5.69 Å².